The average Bonchev–Trinajstić information content (AvgIpc) is 3.29. The number of aliphatic hydroxyl groups is 11. The number of aldehydes is 1. The lowest BCUT2D eigenvalue weighted by Gasteiger charge is -2.71. The van der Waals surface area contributed by atoms with Crippen molar-refractivity contribution in [3.05, 3.63) is 11.6 Å². The Hall–Kier alpha value is -1.76. The molecule has 0 bridgehead atoms. The standard InChI is InChI=1S/C48H76O19/c1-43(2)13-15-48(16-14-46(5)22(23(48)17-43)7-8-28-44(3)11-10-29(52)45(4,21-51)27(44)9-12-47(28,46)6)42(61)67-41-38(66-40-37(60)34(57)31(54)25(19-50)64-40)35(58)32(55)26(65-41)20-62-39-36(59)33(56)30(53)24(18-49)63-39/h7,21,23-41,49-50,52-60H,8-20H2,1-6H3/t23-,24+,25+,26+,27+,28+,29-,30+,31+,32+,33-,34-,35-,36+,37+,38+,39+,40-,41-,44-,45-,46+,47+,48-/m0/s1. The molecule has 19 heteroatoms. The molecule has 24 atom stereocenters. The van der Waals surface area contributed by atoms with E-state index >= 15 is 4.79 Å². The maximum Gasteiger partial charge on any atom is 0.315 e. The lowest BCUT2D eigenvalue weighted by Crippen LogP contribution is -2.66. The number of hydrogen-bond acceptors (Lipinski definition) is 19. The first kappa shape index (κ1) is 51.6. The highest BCUT2D eigenvalue weighted by atomic mass is 16.8. The molecule has 67 heavy (non-hydrogen) atoms. The second-order valence-corrected chi connectivity index (χ2v) is 23.2. The minimum atomic E-state index is -1.97. The molecule has 8 aliphatic rings. The van der Waals surface area contributed by atoms with E-state index in [0.717, 1.165) is 32.0 Å². The smallest absolute Gasteiger partial charge is 0.315 e. The van der Waals surface area contributed by atoms with Gasteiger partial charge in [-0.25, -0.2) is 0 Å². The number of aliphatic hydroxyl groups excluding tert-OH is 11. The van der Waals surface area contributed by atoms with Crippen molar-refractivity contribution in [2.24, 2.45) is 50.2 Å². The van der Waals surface area contributed by atoms with Crippen LogP contribution in [-0.4, -0.2) is 186 Å². The van der Waals surface area contributed by atoms with Gasteiger partial charge in [0.05, 0.1) is 36.8 Å². The Balaban J connectivity index is 1.10. The summed E-state index contributed by atoms with van der Waals surface area (Å²) >= 11 is 0. The van der Waals surface area contributed by atoms with Crippen molar-refractivity contribution >= 4 is 12.3 Å². The molecule has 0 spiro atoms. The van der Waals surface area contributed by atoms with Gasteiger partial charge < -0.3 is 89.4 Å². The molecular weight excluding hydrogens is 881 g/mol. The number of carbonyl (C=O) groups excluding carboxylic acids is 2. The van der Waals surface area contributed by atoms with Crippen LogP contribution in [0.15, 0.2) is 11.6 Å². The summed E-state index contributed by atoms with van der Waals surface area (Å²) < 4.78 is 35.4. The van der Waals surface area contributed by atoms with Crippen LogP contribution in [0.25, 0.3) is 0 Å². The van der Waals surface area contributed by atoms with Crippen molar-refractivity contribution in [2.75, 3.05) is 19.8 Å². The number of ether oxygens (including phenoxy) is 6. The lowest BCUT2D eigenvalue weighted by atomic mass is 9.33. The van der Waals surface area contributed by atoms with Gasteiger partial charge in [-0.1, -0.05) is 53.2 Å². The molecule has 8 rings (SSSR count). The molecule has 7 fully saturated rings. The molecule has 382 valence electrons. The molecule has 11 N–H and O–H groups in total. The summed E-state index contributed by atoms with van der Waals surface area (Å²) in [6.07, 6.45) is -16.8. The fraction of sp³-hybridized carbons (Fsp3) is 0.917. The third-order valence-corrected chi connectivity index (χ3v) is 19.3. The molecule has 0 radical (unpaired) electrons. The van der Waals surface area contributed by atoms with Gasteiger partial charge in [-0.05, 0) is 104 Å². The van der Waals surface area contributed by atoms with Crippen LogP contribution >= 0.6 is 0 Å². The monoisotopic (exact) mass is 956 g/mol. The maximum absolute atomic E-state index is 15.4. The minimum Gasteiger partial charge on any atom is -0.432 e. The van der Waals surface area contributed by atoms with E-state index in [1.54, 1.807) is 0 Å². The molecule has 0 unspecified atom stereocenters. The van der Waals surface area contributed by atoms with Crippen LogP contribution in [0.4, 0.5) is 0 Å². The van der Waals surface area contributed by atoms with Crippen LogP contribution in [0.5, 0.6) is 0 Å². The second kappa shape index (κ2) is 18.4. The van der Waals surface area contributed by atoms with E-state index in [4.69, 9.17) is 28.4 Å². The first-order valence-electron chi connectivity index (χ1n) is 24.3. The van der Waals surface area contributed by atoms with Gasteiger partial charge in [-0.15, -0.1) is 0 Å². The fourth-order valence-corrected chi connectivity index (χ4v) is 14.7. The van der Waals surface area contributed by atoms with Crippen molar-refractivity contribution in [1.82, 2.24) is 0 Å². The van der Waals surface area contributed by atoms with Crippen molar-refractivity contribution < 1.29 is 94.2 Å². The van der Waals surface area contributed by atoms with E-state index in [0.29, 0.717) is 38.5 Å². The molecule has 3 aliphatic heterocycles. The Morgan fingerprint density at radius 1 is 0.672 bits per heavy atom. The molecule has 0 aromatic heterocycles. The molecule has 3 saturated heterocycles. The molecule has 5 aliphatic carbocycles. The van der Waals surface area contributed by atoms with Gasteiger partial charge in [0.25, 0.3) is 0 Å². The Labute approximate surface area is 391 Å². The highest BCUT2D eigenvalue weighted by molar-refractivity contribution is 5.79. The van der Waals surface area contributed by atoms with Crippen LogP contribution in [0.2, 0.25) is 0 Å². The zero-order valence-corrected chi connectivity index (χ0v) is 39.5. The quantitative estimate of drug-likeness (QED) is 0.0734. The molecule has 0 aromatic rings. The summed E-state index contributed by atoms with van der Waals surface area (Å²) in [6, 6.07) is 0. The summed E-state index contributed by atoms with van der Waals surface area (Å²) in [5, 5.41) is 117. The molecule has 0 aromatic carbocycles. The van der Waals surface area contributed by atoms with Gasteiger partial charge in [-0.2, -0.15) is 0 Å². The number of allylic oxidation sites excluding steroid dienone is 2. The van der Waals surface area contributed by atoms with E-state index in [9.17, 15) is 61.0 Å². The molecular formula is C48H76O19. The van der Waals surface area contributed by atoms with Crippen LogP contribution in [-0.2, 0) is 38.0 Å². The summed E-state index contributed by atoms with van der Waals surface area (Å²) in [4.78, 5) is 28.1. The molecule has 4 saturated carbocycles. The largest absolute Gasteiger partial charge is 0.432 e. The Bertz CT molecular complexity index is 1840. The average molecular weight is 957 g/mol. The predicted octanol–water partition coefficient (Wildman–Crippen LogP) is -0.680. The van der Waals surface area contributed by atoms with E-state index < -0.39 is 135 Å². The Kier molecular flexibility index (Phi) is 14.1. The molecule has 19 nitrogen and oxygen atoms in total. The summed E-state index contributed by atoms with van der Waals surface area (Å²) in [5.41, 5.74) is -1.67. The van der Waals surface area contributed by atoms with E-state index in [1.807, 2.05) is 6.92 Å². The van der Waals surface area contributed by atoms with E-state index in [2.05, 4.69) is 40.7 Å². The van der Waals surface area contributed by atoms with Gasteiger partial charge in [0.1, 0.15) is 73.4 Å². The van der Waals surface area contributed by atoms with Crippen molar-refractivity contribution in [3.63, 3.8) is 0 Å². The summed E-state index contributed by atoms with van der Waals surface area (Å²) in [5.74, 6) is -0.709. The number of esters is 1. The van der Waals surface area contributed by atoms with E-state index in [-0.39, 0.29) is 39.4 Å². The highest BCUT2D eigenvalue weighted by Crippen LogP contribution is 2.76. The first-order valence-corrected chi connectivity index (χ1v) is 24.3. The Morgan fingerprint density at radius 2 is 1.25 bits per heavy atom. The molecule has 3 heterocycles. The topological polar surface area (TPSA) is 312 Å². The third kappa shape index (κ3) is 8.10. The van der Waals surface area contributed by atoms with Gasteiger partial charge in [0.15, 0.2) is 18.7 Å². The lowest BCUT2D eigenvalue weighted by molar-refractivity contribution is -0.368. The van der Waals surface area contributed by atoms with Gasteiger partial charge in [0.2, 0.25) is 6.29 Å². The third-order valence-electron chi connectivity index (χ3n) is 19.3. The van der Waals surface area contributed by atoms with Crippen molar-refractivity contribution in [1.29, 1.82) is 0 Å². The second-order valence-electron chi connectivity index (χ2n) is 23.2. The predicted molar refractivity (Wildman–Crippen MR) is 231 cm³/mol. The number of fused-ring (bicyclic) bond motifs is 7. The van der Waals surface area contributed by atoms with Crippen LogP contribution < -0.4 is 0 Å². The van der Waals surface area contributed by atoms with Gasteiger partial charge in [0, 0.05) is 0 Å². The Morgan fingerprint density at radius 3 is 1.88 bits per heavy atom. The van der Waals surface area contributed by atoms with Crippen molar-refractivity contribution in [2.45, 2.75) is 204 Å². The van der Waals surface area contributed by atoms with Gasteiger partial charge in [-0.3, -0.25) is 4.79 Å². The van der Waals surface area contributed by atoms with Crippen LogP contribution in [0, 0.1) is 50.2 Å². The SMILES string of the molecule is CC1(C)CC[C@]2(C(=O)O[C@@H]3O[C@H](CO[C@@H]4O[C@H](CO)[C@@H](O)[C@H](O)[C@H]4O)[C@@H](O)[C@H](O)[C@H]3O[C@@H]3O[C@H](CO)[C@@H](O)[C@H](O)[C@H]3O)CC[C@]3(C)C(=CC[C@@H]4[C@@]5(C)CC[C@H](O)[C@@](C)(C=O)[C@@H]5CC[C@]43C)[C@@H]2C1. The first-order chi connectivity index (χ1) is 31.4. The number of rotatable bonds is 10. The zero-order valence-electron chi connectivity index (χ0n) is 39.5. The number of hydrogen-bond donors (Lipinski definition) is 11. The van der Waals surface area contributed by atoms with Gasteiger partial charge >= 0.3 is 5.97 Å². The fourth-order valence-electron chi connectivity index (χ4n) is 14.7. The van der Waals surface area contributed by atoms with E-state index in [1.165, 1.54) is 5.57 Å². The molecule has 0 amide bonds. The zero-order chi connectivity index (χ0) is 49.0. The minimum absolute atomic E-state index is 0.0121. The number of carbonyl (C=O) groups is 2. The summed E-state index contributed by atoms with van der Waals surface area (Å²) in [7, 11) is 0. The normalized spacial score (nSPS) is 54.0. The highest BCUT2D eigenvalue weighted by Gasteiger charge is 2.70. The summed E-state index contributed by atoms with van der Waals surface area (Å²) in [6.45, 7) is 11.1. The van der Waals surface area contributed by atoms with Crippen LogP contribution in [0.3, 0.4) is 0 Å². The maximum atomic E-state index is 15.4. The van der Waals surface area contributed by atoms with Crippen LogP contribution in [0.1, 0.15) is 106 Å². The van der Waals surface area contributed by atoms with Crippen molar-refractivity contribution in [3.8, 4) is 0 Å².